The van der Waals surface area contributed by atoms with E-state index in [1.54, 1.807) is 36.3 Å². The Labute approximate surface area is 180 Å². The molecule has 0 aliphatic carbocycles. The maximum absolute atomic E-state index is 12.7. The van der Waals surface area contributed by atoms with E-state index in [0.29, 0.717) is 43.4 Å². The molecule has 0 spiro atoms. The highest BCUT2D eigenvalue weighted by Gasteiger charge is 2.37. The van der Waals surface area contributed by atoms with E-state index in [-0.39, 0.29) is 23.5 Å². The highest BCUT2D eigenvalue weighted by Crippen LogP contribution is 2.35. The molecule has 0 radical (unpaired) electrons. The summed E-state index contributed by atoms with van der Waals surface area (Å²) in [5.74, 6) is 0.444. The van der Waals surface area contributed by atoms with Gasteiger partial charge in [-0.1, -0.05) is 13.0 Å². The van der Waals surface area contributed by atoms with Crippen molar-refractivity contribution >= 4 is 34.9 Å². The first-order valence-corrected chi connectivity index (χ1v) is 10.7. The van der Waals surface area contributed by atoms with E-state index < -0.39 is 11.1 Å². The number of hydrogen-bond donors (Lipinski definition) is 0. The highest BCUT2D eigenvalue weighted by atomic mass is 32.2. The van der Waals surface area contributed by atoms with Crippen LogP contribution in [0.2, 0.25) is 0 Å². The molecule has 3 rings (SSSR count). The number of carbonyl (C=O) groups excluding carboxylic acids is 3. The maximum Gasteiger partial charge on any atom is 0.294 e. The molecule has 3 amide bonds. The second-order valence-corrected chi connectivity index (χ2v) is 8.00. The molecule has 0 saturated carbocycles. The van der Waals surface area contributed by atoms with Crippen molar-refractivity contribution in [2.45, 2.75) is 26.4 Å². The van der Waals surface area contributed by atoms with Gasteiger partial charge < -0.3 is 19.1 Å². The molecule has 8 nitrogen and oxygen atoms in total. The van der Waals surface area contributed by atoms with Gasteiger partial charge in [-0.2, -0.15) is 0 Å². The number of thioether (sulfide) groups is 1. The van der Waals surface area contributed by atoms with Gasteiger partial charge in [-0.15, -0.1) is 0 Å². The zero-order chi connectivity index (χ0) is 21.7. The summed E-state index contributed by atoms with van der Waals surface area (Å²) in [5.41, 5.74) is 0.702. The molecule has 1 atom stereocenters. The van der Waals surface area contributed by atoms with Crippen LogP contribution in [0.25, 0.3) is 6.08 Å². The molecule has 1 aromatic rings. The first-order valence-electron chi connectivity index (χ1n) is 9.88. The summed E-state index contributed by atoms with van der Waals surface area (Å²) in [6.45, 7) is 5.61. The Morgan fingerprint density at radius 3 is 2.67 bits per heavy atom. The highest BCUT2D eigenvalue weighted by molar-refractivity contribution is 8.18. The number of methoxy groups -OCH3 is 1. The van der Waals surface area contributed by atoms with Gasteiger partial charge in [-0.3, -0.25) is 19.3 Å². The Hall–Kier alpha value is -2.52. The minimum Gasteiger partial charge on any atom is -0.493 e. The fourth-order valence-corrected chi connectivity index (χ4v) is 3.85. The molecule has 30 heavy (non-hydrogen) atoms. The van der Waals surface area contributed by atoms with E-state index in [0.717, 1.165) is 23.1 Å². The Bertz CT molecular complexity index is 850. The number of nitrogens with zero attached hydrogens (tertiary/aromatic N) is 2. The van der Waals surface area contributed by atoms with Crippen LogP contribution < -0.4 is 9.47 Å². The lowest BCUT2D eigenvalue weighted by atomic mass is 10.1. The van der Waals surface area contributed by atoms with E-state index in [9.17, 15) is 14.4 Å². The van der Waals surface area contributed by atoms with E-state index in [1.165, 1.54) is 0 Å². The van der Waals surface area contributed by atoms with Crippen molar-refractivity contribution < 1.29 is 28.6 Å². The maximum atomic E-state index is 12.7. The van der Waals surface area contributed by atoms with E-state index in [2.05, 4.69) is 0 Å². The molecule has 0 N–H and O–H groups in total. The van der Waals surface area contributed by atoms with Crippen LogP contribution >= 0.6 is 11.8 Å². The van der Waals surface area contributed by atoms with Crippen LogP contribution in [-0.2, 0) is 14.3 Å². The van der Waals surface area contributed by atoms with Crippen LogP contribution in [-0.4, -0.2) is 72.9 Å². The molecular formula is C21H26N2O6S. The standard InChI is InChI=1S/C21H26N2O6S/c1-4-14(2)29-16-6-5-15(11-17(16)27-3)12-18-20(25)23(21(26)30-18)13-19(24)22-7-9-28-10-8-22/h5-6,11-12,14H,4,7-10,13H2,1-3H3/b18-12+/t14-/m1/s1. The summed E-state index contributed by atoms with van der Waals surface area (Å²) >= 11 is 0.828. The Kier molecular flexibility index (Phi) is 7.38. The van der Waals surface area contributed by atoms with Gasteiger partial charge in [0.2, 0.25) is 5.91 Å². The van der Waals surface area contributed by atoms with Crippen LogP contribution in [0.1, 0.15) is 25.8 Å². The van der Waals surface area contributed by atoms with Crippen molar-refractivity contribution in [2.75, 3.05) is 40.0 Å². The second kappa shape index (κ2) is 9.99. The van der Waals surface area contributed by atoms with E-state index in [1.807, 2.05) is 13.8 Å². The minimum atomic E-state index is -0.467. The molecule has 2 fully saturated rings. The third kappa shape index (κ3) is 5.14. The summed E-state index contributed by atoms with van der Waals surface area (Å²) in [7, 11) is 1.55. The lowest BCUT2D eigenvalue weighted by Crippen LogP contribution is -2.46. The smallest absolute Gasteiger partial charge is 0.294 e. The first-order chi connectivity index (χ1) is 14.4. The van der Waals surface area contributed by atoms with Crippen molar-refractivity contribution in [3.63, 3.8) is 0 Å². The van der Waals surface area contributed by atoms with Crippen molar-refractivity contribution in [1.29, 1.82) is 0 Å². The molecule has 0 unspecified atom stereocenters. The average Bonchev–Trinajstić information content (AvgIpc) is 3.02. The molecule has 2 aliphatic rings. The number of rotatable bonds is 7. The summed E-state index contributed by atoms with van der Waals surface area (Å²) in [4.78, 5) is 40.3. The van der Waals surface area contributed by atoms with Crippen LogP contribution in [0.3, 0.4) is 0 Å². The number of ether oxygens (including phenoxy) is 3. The molecule has 162 valence electrons. The number of imide groups is 1. The predicted octanol–water partition coefficient (Wildman–Crippen LogP) is 2.77. The number of morpholine rings is 1. The van der Waals surface area contributed by atoms with Crippen molar-refractivity contribution in [3.8, 4) is 11.5 Å². The fraction of sp³-hybridized carbons (Fsp3) is 0.476. The predicted molar refractivity (Wildman–Crippen MR) is 113 cm³/mol. The molecule has 1 aromatic carbocycles. The van der Waals surface area contributed by atoms with Gasteiger partial charge in [-0.25, -0.2) is 0 Å². The van der Waals surface area contributed by atoms with Crippen molar-refractivity contribution in [1.82, 2.24) is 9.80 Å². The largest absolute Gasteiger partial charge is 0.493 e. The topological polar surface area (TPSA) is 85.4 Å². The van der Waals surface area contributed by atoms with Crippen LogP contribution in [0, 0.1) is 0 Å². The fourth-order valence-electron chi connectivity index (χ4n) is 3.01. The monoisotopic (exact) mass is 434 g/mol. The van der Waals surface area contributed by atoms with Gasteiger partial charge in [0.05, 0.1) is 31.3 Å². The van der Waals surface area contributed by atoms with Gasteiger partial charge in [-0.05, 0) is 48.9 Å². The summed E-state index contributed by atoms with van der Waals surface area (Å²) in [6, 6.07) is 5.33. The third-order valence-electron chi connectivity index (χ3n) is 4.92. The van der Waals surface area contributed by atoms with Gasteiger partial charge >= 0.3 is 0 Å². The Morgan fingerprint density at radius 1 is 1.27 bits per heavy atom. The van der Waals surface area contributed by atoms with Gasteiger partial charge in [0.15, 0.2) is 11.5 Å². The third-order valence-corrected chi connectivity index (χ3v) is 5.83. The van der Waals surface area contributed by atoms with Gasteiger partial charge in [0, 0.05) is 13.1 Å². The Balaban J connectivity index is 1.72. The molecule has 2 heterocycles. The summed E-state index contributed by atoms with van der Waals surface area (Å²) < 4.78 is 16.5. The van der Waals surface area contributed by atoms with Crippen molar-refractivity contribution in [3.05, 3.63) is 28.7 Å². The molecule has 2 saturated heterocycles. The van der Waals surface area contributed by atoms with Crippen LogP contribution in [0.15, 0.2) is 23.1 Å². The van der Waals surface area contributed by atoms with E-state index >= 15 is 0 Å². The minimum absolute atomic E-state index is 0.0465. The summed E-state index contributed by atoms with van der Waals surface area (Å²) in [5, 5.41) is -0.448. The molecule has 2 aliphatic heterocycles. The number of benzene rings is 1. The number of hydrogen-bond acceptors (Lipinski definition) is 7. The van der Waals surface area contributed by atoms with Crippen LogP contribution in [0.4, 0.5) is 4.79 Å². The zero-order valence-electron chi connectivity index (χ0n) is 17.4. The second-order valence-electron chi connectivity index (χ2n) is 7.01. The summed E-state index contributed by atoms with van der Waals surface area (Å²) in [6.07, 6.45) is 2.53. The average molecular weight is 435 g/mol. The number of carbonyl (C=O) groups is 3. The molecule has 0 bridgehead atoms. The normalized spacial score (nSPS) is 19.4. The van der Waals surface area contributed by atoms with Gasteiger partial charge in [0.1, 0.15) is 6.54 Å². The zero-order valence-corrected chi connectivity index (χ0v) is 18.2. The van der Waals surface area contributed by atoms with Gasteiger partial charge in [0.25, 0.3) is 11.1 Å². The SMILES string of the molecule is CC[C@@H](C)Oc1ccc(/C=C2/SC(=O)N(CC(=O)N3CCOCC3)C2=O)cc1OC. The molecule has 0 aromatic heterocycles. The first kappa shape index (κ1) is 22.2. The lowest BCUT2D eigenvalue weighted by Gasteiger charge is -2.28. The molecule has 9 heteroatoms. The quantitative estimate of drug-likeness (QED) is 0.610. The number of amides is 3. The van der Waals surface area contributed by atoms with Crippen LogP contribution in [0.5, 0.6) is 11.5 Å². The Morgan fingerprint density at radius 2 is 2.00 bits per heavy atom. The van der Waals surface area contributed by atoms with Crippen molar-refractivity contribution in [2.24, 2.45) is 0 Å². The molecular weight excluding hydrogens is 408 g/mol. The lowest BCUT2D eigenvalue weighted by molar-refractivity contribution is -0.139. The van der Waals surface area contributed by atoms with E-state index in [4.69, 9.17) is 14.2 Å².